The average molecular weight is 521 g/mol. The lowest BCUT2D eigenvalue weighted by atomic mass is 10.1. The first-order chi connectivity index (χ1) is 17.4. The van der Waals surface area contributed by atoms with Crippen molar-refractivity contribution >= 4 is 52.9 Å². The molecular formula is C28H25ClN2O4S. The Bertz CT molecular complexity index is 1280. The summed E-state index contributed by atoms with van der Waals surface area (Å²) in [6, 6.07) is 22.9. The standard InChI is InChI=1S/C28H25ClN2O4S/c1-2-35-26(32)15-8-16-36-24-14-7-13-23(19-24)30-28(34)25(18-20-9-6-12-22(29)17-20)31-27(33)21-10-4-3-5-11-21/h3-15,17-19H,2,16H2,1H3,(H,30,34)(H,31,33)/b15-8+,25-18-. The van der Waals surface area contributed by atoms with E-state index in [4.69, 9.17) is 16.3 Å². The summed E-state index contributed by atoms with van der Waals surface area (Å²) in [6.45, 7) is 2.08. The van der Waals surface area contributed by atoms with Gasteiger partial charge in [-0.15, -0.1) is 11.8 Å². The van der Waals surface area contributed by atoms with E-state index in [1.54, 1.807) is 73.7 Å². The number of anilines is 1. The monoisotopic (exact) mass is 520 g/mol. The van der Waals surface area contributed by atoms with Crippen molar-refractivity contribution in [2.24, 2.45) is 0 Å². The number of halogens is 1. The fourth-order valence-corrected chi connectivity index (χ4v) is 4.02. The molecule has 0 radical (unpaired) electrons. The summed E-state index contributed by atoms with van der Waals surface area (Å²) in [5.74, 6) is -0.709. The SMILES string of the molecule is CCOC(=O)/C=C/CSc1cccc(NC(=O)/C(=C/c2cccc(Cl)c2)NC(=O)c2ccccc2)c1. The minimum absolute atomic E-state index is 0.0709. The lowest BCUT2D eigenvalue weighted by Crippen LogP contribution is -2.30. The molecule has 184 valence electrons. The zero-order valence-electron chi connectivity index (χ0n) is 19.6. The van der Waals surface area contributed by atoms with Crippen LogP contribution < -0.4 is 10.6 Å². The number of rotatable bonds is 10. The molecule has 6 nitrogen and oxygen atoms in total. The Morgan fingerprint density at radius 2 is 1.75 bits per heavy atom. The number of hydrogen-bond donors (Lipinski definition) is 2. The number of esters is 1. The zero-order chi connectivity index (χ0) is 25.8. The van der Waals surface area contributed by atoms with Crippen molar-refractivity contribution in [2.45, 2.75) is 11.8 Å². The summed E-state index contributed by atoms with van der Waals surface area (Å²) < 4.78 is 4.86. The maximum absolute atomic E-state index is 13.2. The predicted molar refractivity (Wildman–Crippen MR) is 145 cm³/mol. The normalized spacial score (nSPS) is 11.2. The molecule has 2 N–H and O–H groups in total. The summed E-state index contributed by atoms with van der Waals surface area (Å²) in [5, 5.41) is 6.06. The lowest BCUT2D eigenvalue weighted by molar-refractivity contribution is -0.137. The number of nitrogens with one attached hydrogen (secondary N) is 2. The molecule has 8 heteroatoms. The van der Waals surface area contributed by atoms with Crippen molar-refractivity contribution in [3.8, 4) is 0 Å². The fourth-order valence-electron chi connectivity index (χ4n) is 3.05. The van der Waals surface area contributed by atoms with E-state index in [9.17, 15) is 14.4 Å². The molecule has 3 aromatic carbocycles. The van der Waals surface area contributed by atoms with Crippen LogP contribution in [-0.2, 0) is 14.3 Å². The van der Waals surface area contributed by atoms with Gasteiger partial charge < -0.3 is 15.4 Å². The van der Waals surface area contributed by atoms with Crippen molar-refractivity contribution in [1.29, 1.82) is 0 Å². The second kappa shape index (κ2) is 13.9. The van der Waals surface area contributed by atoms with Crippen LogP contribution in [-0.4, -0.2) is 30.1 Å². The second-order valence-electron chi connectivity index (χ2n) is 7.38. The van der Waals surface area contributed by atoms with Crippen LogP contribution in [0.4, 0.5) is 5.69 Å². The summed E-state index contributed by atoms with van der Waals surface area (Å²) in [5.41, 5.74) is 1.72. The number of benzene rings is 3. The highest BCUT2D eigenvalue weighted by Crippen LogP contribution is 2.22. The Morgan fingerprint density at radius 3 is 2.50 bits per heavy atom. The summed E-state index contributed by atoms with van der Waals surface area (Å²) >= 11 is 7.59. The first-order valence-electron chi connectivity index (χ1n) is 11.2. The Hall–Kier alpha value is -3.81. The summed E-state index contributed by atoms with van der Waals surface area (Å²) in [7, 11) is 0. The van der Waals surface area contributed by atoms with Crippen LogP contribution >= 0.6 is 23.4 Å². The maximum Gasteiger partial charge on any atom is 0.330 e. The largest absolute Gasteiger partial charge is 0.463 e. The minimum atomic E-state index is -0.483. The number of ether oxygens (including phenoxy) is 1. The van der Waals surface area contributed by atoms with Crippen molar-refractivity contribution in [1.82, 2.24) is 5.32 Å². The third-order valence-corrected chi connectivity index (χ3v) is 5.85. The van der Waals surface area contributed by atoms with Gasteiger partial charge in [-0.2, -0.15) is 0 Å². The number of carbonyl (C=O) groups is 3. The zero-order valence-corrected chi connectivity index (χ0v) is 21.1. The lowest BCUT2D eigenvalue weighted by Gasteiger charge is -2.12. The molecule has 0 bridgehead atoms. The molecule has 36 heavy (non-hydrogen) atoms. The van der Waals surface area contributed by atoms with E-state index in [1.165, 1.54) is 17.8 Å². The van der Waals surface area contributed by atoms with Crippen LogP contribution in [0.3, 0.4) is 0 Å². The second-order valence-corrected chi connectivity index (χ2v) is 8.91. The molecular weight excluding hydrogens is 496 g/mol. The molecule has 0 aliphatic heterocycles. The van der Waals surface area contributed by atoms with Crippen LogP contribution in [0.25, 0.3) is 6.08 Å². The van der Waals surface area contributed by atoms with Crippen molar-refractivity contribution in [3.63, 3.8) is 0 Å². The molecule has 0 fully saturated rings. The molecule has 0 aliphatic carbocycles. The Morgan fingerprint density at radius 1 is 0.972 bits per heavy atom. The molecule has 3 rings (SSSR count). The number of amides is 2. The molecule has 0 saturated heterocycles. The van der Waals surface area contributed by atoms with Crippen molar-refractivity contribution < 1.29 is 19.1 Å². The first-order valence-corrected chi connectivity index (χ1v) is 12.5. The fraction of sp³-hybridized carbons (Fsp3) is 0.107. The van der Waals surface area contributed by atoms with E-state index in [0.717, 1.165) is 4.90 Å². The van der Waals surface area contributed by atoms with E-state index in [0.29, 0.717) is 34.2 Å². The average Bonchev–Trinajstić information content (AvgIpc) is 2.87. The maximum atomic E-state index is 13.2. The van der Waals surface area contributed by atoms with Crippen molar-refractivity contribution in [3.05, 3.63) is 113 Å². The number of thioether (sulfide) groups is 1. The van der Waals surface area contributed by atoms with Crippen molar-refractivity contribution in [2.75, 3.05) is 17.7 Å². The van der Waals surface area contributed by atoms with E-state index in [1.807, 2.05) is 24.3 Å². The summed E-state index contributed by atoms with van der Waals surface area (Å²) in [4.78, 5) is 38.2. The Balaban J connectivity index is 1.74. The molecule has 0 unspecified atom stereocenters. The van der Waals surface area contributed by atoms with Crippen LogP contribution in [0.5, 0.6) is 0 Å². The molecule has 0 heterocycles. The van der Waals surface area contributed by atoms with E-state index in [2.05, 4.69) is 10.6 Å². The van der Waals surface area contributed by atoms with Gasteiger partial charge in [-0.05, 0) is 61.0 Å². The Labute approximate surface area is 219 Å². The number of carbonyl (C=O) groups excluding carboxylic acids is 3. The smallest absolute Gasteiger partial charge is 0.330 e. The molecule has 0 aromatic heterocycles. The molecule has 2 amide bonds. The van der Waals surface area contributed by atoms with Gasteiger partial charge in [0.25, 0.3) is 11.8 Å². The van der Waals surface area contributed by atoms with Gasteiger partial charge in [-0.1, -0.05) is 54.1 Å². The van der Waals surface area contributed by atoms with Crippen LogP contribution in [0.15, 0.2) is 102 Å². The molecule has 0 atom stereocenters. The van der Waals surface area contributed by atoms with Gasteiger partial charge in [0.05, 0.1) is 6.61 Å². The van der Waals surface area contributed by atoms with Gasteiger partial charge in [-0.3, -0.25) is 9.59 Å². The third-order valence-electron chi connectivity index (χ3n) is 4.67. The van der Waals surface area contributed by atoms with Crippen LogP contribution in [0.1, 0.15) is 22.8 Å². The Kier molecular flexibility index (Phi) is 10.4. The van der Waals surface area contributed by atoms with E-state index < -0.39 is 11.8 Å². The highest BCUT2D eigenvalue weighted by atomic mass is 35.5. The van der Waals surface area contributed by atoms with Gasteiger partial charge >= 0.3 is 5.97 Å². The first kappa shape index (κ1) is 26.8. The van der Waals surface area contributed by atoms with Gasteiger partial charge in [0.15, 0.2) is 0 Å². The van der Waals surface area contributed by atoms with E-state index >= 15 is 0 Å². The molecule has 0 saturated carbocycles. The summed E-state index contributed by atoms with van der Waals surface area (Å²) in [6.07, 6.45) is 4.68. The quantitative estimate of drug-likeness (QED) is 0.196. The van der Waals surface area contributed by atoms with E-state index in [-0.39, 0.29) is 11.7 Å². The molecule has 0 spiro atoms. The third kappa shape index (κ3) is 8.76. The van der Waals surface area contributed by atoms with Gasteiger partial charge in [-0.25, -0.2) is 4.79 Å². The topological polar surface area (TPSA) is 84.5 Å². The molecule has 0 aliphatic rings. The van der Waals surface area contributed by atoms with Crippen LogP contribution in [0.2, 0.25) is 5.02 Å². The van der Waals surface area contributed by atoms with Gasteiger partial charge in [0.1, 0.15) is 5.70 Å². The number of hydrogen-bond acceptors (Lipinski definition) is 5. The highest BCUT2D eigenvalue weighted by Gasteiger charge is 2.15. The molecule has 3 aromatic rings. The highest BCUT2D eigenvalue weighted by molar-refractivity contribution is 7.99. The predicted octanol–water partition coefficient (Wildman–Crippen LogP) is 5.96. The van der Waals surface area contributed by atoms with Crippen LogP contribution in [0, 0.1) is 0 Å². The van der Waals surface area contributed by atoms with Gasteiger partial charge in [0.2, 0.25) is 0 Å². The minimum Gasteiger partial charge on any atom is -0.463 e. The van der Waals surface area contributed by atoms with Gasteiger partial charge in [0, 0.05) is 33.0 Å².